The first-order valence-electron chi connectivity index (χ1n) is 7.19. The quantitative estimate of drug-likeness (QED) is 0.944. The molecular formula is C16H15F2N3O2. The normalized spacial score (nSPS) is 14.6. The van der Waals surface area contributed by atoms with Crippen LogP contribution in [0.3, 0.4) is 0 Å². The van der Waals surface area contributed by atoms with Crippen LogP contribution in [0.4, 0.5) is 20.2 Å². The summed E-state index contributed by atoms with van der Waals surface area (Å²) >= 11 is 0. The first-order valence-corrected chi connectivity index (χ1v) is 7.19. The number of benzene rings is 1. The van der Waals surface area contributed by atoms with E-state index < -0.39 is 23.2 Å². The fourth-order valence-corrected chi connectivity index (χ4v) is 2.32. The van der Waals surface area contributed by atoms with Crippen molar-refractivity contribution in [1.29, 1.82) is 0 Å². The lowest BCUT2D eigenvalue weighted by Crippen LogP contribution is -2.36. The van der Waals surface area contributed by atoms with Gasteiger partial charge < -0.3 is 15.0 Å². The average Bonchev–Trinajstić information content (AvgIpc) is 2.59. The highest BCUT2D eigenvalue weighted by molar-refractivity contribution is 6.03. The van der Waals surface area contributed by atoms with E-state index in [0.29, 0.717) is 13.2 Å². The van der Waals surface area contributed by atoms with E-state index >= 15 is 0 Å². The van der Waals surface area contributed by atoms with Crippen molar-refractivity contribution in [3.63, 3.8) is 0 Å². The van der Waals surface area contributed by atoms with Crippen LogP contribution in [0.2, 0.25) is 0 Å². The molecule has 0 radical (unpaired) electrons. The van der Waals surface area contributed by atoms with Gasteiger partial charge in [-0.05, 0) is 24.3 Å². The SMILES string of the molecule is O=C(Nc1c(F)cccc1F)c1ccc(N2CCOCC2)cn1. The lowest BCUT2D eigenvalue weighted by molar-refractivity contribution is 0.102. The maximum absolute atomic E-state index is 13.5. The Kier molecular flexibility index (Phi) is 4.47. The molecule has 0 unspecified atom stereocenters. The summed E-state index contributed by atoms with van der Waals surface area (Å²) in [4.78, 5) is 18.2. The maximum Gasteiger partial charge on any atom is 0.274 e. The van der Waals surface area contributed by atoms with Crippen LogP contribution in [0.25, 0.3) is 0 Å². The van der Waals surface area contributed by atoms with Crippen LogP contribution in [0.1, 0.15) is 10.5 Å². The van der Waals surface area contributed by atoms with E-state index in [9.17, 15) is 13.6 Å². The van der Waals surface area contributed by atoms with Crippen molar-refractivity contribution in [2.24, 2.45) is 0 Å². The molecule has 1 amide bonds. The predicted octanol–water partition coefficient (Wildman–Crippen LogP) is 2.45. The number of morpholine rings is 1. The fourth-order valence-electron chi connectivity index (χ4n) is 2.32. The number of anilines is 2. The van der Waals surface area contributed by atoms with Crippen LogP contribution >= 0.6 is 0 Å². The number of carbonyl (C=O) groups excluding carboxylic acids is 1. The molecule has 1 N–H and O–H groups in total. The van der Waals surface area contributed by atoms with Gasteiger partial charge in [0.25, 0.3) is 5.91 Å². The van der Waals surface area contributed by atoms with Gasteiger partial charge in [-0.25, -0.2) is 13.8 Å². The number of nitrogens with zero attached hydrogens (tertiary/aromatic N) is 2. The van der Waals surface area contributed by atoms with Gasteiger partial charge in [-0.3, -0.25) is 4.79 Å². The van der Waals surface area contributed by atoms with Crippen molar-refractivity contribution in [2.75, 3.05) is 36.5 Å². The Morgan fingerprint density at radius 2 is 1.83 bits per heavy atom. The predicted molar refractivity (Wildman–Crippen MR) is 81.6 cm³/mol. The zero-order valence-electron chi connectivity index (χ0n) is 12.3. The minimum absolute atomic E-state index is 0.0877. The van der Waals surface area contributed by atoms with Crippen molar-refractivity contribution < 1.29 is 18.3 Å². The smallest absolute Gasteiger partial charge is 0.274 e. The number of amides is 1. The monoisotopic (exact) mass is 319 g/mol. The number of carbonyl (C=O) groups is 1. The number of pyridine rings is 1. The zero-order valence-corrected chi connectivity index (χ0v) is 12.3. The van der Waals surface area contributed by atoms with E-state index in [2.05, 4.69) is 15.2 Å². The molecular weight excluding hydrogens is 304 g/mol. The van der Waals surface area contributed by atoms with Gasteiger partial charge in [-0.2, -0.15) is 0 Å². The number of aromatic nitrogens is 1. The molecule has 0 saturated carbocycles. The molecule has 1 aromatic heterocycles. The van der Waals surface area contributed by atoms with E-state index in [-0.39, 0.29) is 5.69 Å². The third-order valence-corrected chi connectivity index (χ3v) is 3.56. The van der Waals surface area contributed by atoms with E-state index in [4.69, 9.17) is 4.74 Å². The summed E-state index contributed by atoms with van der Waals surface area (Å²) in [6.07, 6.45) is 1.57. The van der Waals surface area contributed by atoms with E-state index in [0.717, 1.165) is 30.9 Å². The van der Waals surface area contributed by atoms with Crippen LogP contribution in [-0.2, 0) is 4.74 Å². The van der Waals surface area contributed by atoms with Gasteiger partial charge in [0, 0.05) is 13.1 Å². The molecule has 5 nitrogen and oxygen atoms in total. The fraction of sp³-hybridized carbons (Fsp3) is 0.250. The summed E-state index contributed by atoms with van der Waals surface area (Å²) in [5.41, 5.74) is 0.489. The average molecular weight is 319 g/mol. The van der Waals surface area contributed by atoms with E-state index in [1.807, 2.05) is 0 Å². The second-order valence-corrected chi connectivity index (χ2v) is 5.05. The molecule has 0 atom stereocenters. The number of hydrogen-bond donors (Lipinski definition) is 1. The zero-order chi connectivity index (χ0) is 16.2. The first kappa shape index (κ1) is 15.4. The second kappa shape index (κ2) is 6.70. The van der Waals surface area contributed by atoms with Crippen molar-refractivity contribution >= 4 is 17.3 Å². The van der Waals surface area contributed by atoms with Crippen LogP contribution in [-0.4, -0.2) is 37.2 Å². The highest BCUT2D eigenvalue weighted by atomic mass is 19.1. The number of rotatable bonds is 3. The lowest BCUT2D eigenvalue weighted by Gasteiger charge is -2.28. The van der Waals surface area contributed by atoms with Gasteiger partial charge in [-0.1, -0.05) is 6.07 Å². The molecule has 1 aliphatic rings. The number of hydrogen-bond acceptors (Lipinski definition) is 4. The Morgan fingerprint density at radius 3 is 2.43 bits per heavy atom. The van der Waals surface area contributed by atoms with Gasteiger partial charge in [0.1, 0.15) is 23.0 Å². The Hall–Kier alpha value is -2.54. The van der Waals surface area contributed by atoms with Crippen LogP contribution in [0.5, 0.6) is 0 Å². The highest BCUT2D eigenvalue weighted by Crippen LogP contribution is 2.19. The van der Waals surface area contributed by atoms with E-state index in [1.165, 1.54) is 12.1 Å². The summed E-state index contributed by atoms with van der Waals surface area (Å²) in [5, 5.41) is 2.21. The van der Waals surface area contributed by atoms with Gasteiger partial charge in [0.2, 0.25) is 0 Å². The molecule has 0 aliphatic carbocycles. The molecule has 3 rings (SSSR count). The van der Waals surface area contributed by atoms with Gasteiger partial charge in [0.05, 0.1) is 25.1 Å². The second-order valence-electron chi connectivity index (χ2n) is 5.05. The van der Waals surface area contributed by atoms with Crippen molar-refractivity contribution in [1.82, 2.24) is 4.98 Å². The van der Waals surface area contributed by atoms with Crippen LogP contribution < -0.4 is 10.2 Å². The summed E-state index contributed by atoms with van der Waals surface area (Å²) in [6, 6.07) is 6.67. The van der Waals surface area contributed by atoms with Gasteiger partial charge >= 0.3 is 0 Å². The van der Waals surface area contributed by atoms with Crippen molar-refractivity contribution in [3.05, 3.63) is 53.9 Å². The Balaban J connectivity index is 1.72. The molecule has 2 aromatic rings. The van der Waals surface area contributed by atoms with E-state index in [1.54, 1.807) is 12.3 Å². The third kappa shape index (κ3) is 3.45. The van der Waals surface area contributed by atoms with Gasteiger partial charge in [-0.15, -0.1) is 0 Å². The molecule has 7 heteroatoms. The Labute approximate surface area is 131 Å². The molecule has 1 aliphatic heterocycles. The van der Waals surface area contributed by atoms with Crippen LogP contribution in [0, 0.1) is 11.6 Å². The molecule has 1 saturated heterocycles. The van der Waals surface area contributed by atoms with Crippen molar-refractivity contribution in [2.45, 2.75) is 0 Å². The standard InChI is InChI=1S/C16H15F2N3O2/c17-12-2-1-3-13(18)15(12)20-16(22)14-5-4-11(10-19-14)21-6-8-23-9-7-21/h1-5,10H,6-9H2,(H,20,22). The summed E-state index contributed by atoms with van der Waals surface area (Å²) < 4.78 is 32.4. The number of para-hydroxylation sites is 1. The molecule has 1 aromatic carbocycles. The minimum Gasteiger partial charge on any atom is -0.378 e. The molecule has 1 fully saturated rings. The summed E-state index contributed by atoms with van der Waals surface area (Å²) in [5.74, 6) is -2.32. The molecule has 23 heavy (non-hydrogen) atoms. The molecule has 120 valence electrons. The Morgan fingerprint density at radius 1 is 1.13 bits per heavy atom. The minimum atomic E-state index is -0.830. The highest BCUT2D eigenvalue weighted by Gasteiger charge is 2.16. The Bertz CT molecular complexity index is 681. The summed E-state index contributed by atoms with van der Waals surface area (Å²) in [6.45, 7) is 2.81. The number of nitrogens with one attached hydrogen (secondary N) is 1. The third-order valence-electron chi connectivity index (χ3n) is 3.56. The number of halogens is 2. The number of ether oxygens (including phenoxy) is 1. The molecule has 2 heterocycles. The van der Waals surface area contributed by atoms with Crippen LogP contribution in [0.15, 0.2) is 36.5 Å². The summed E-state index contributed by atoms with van der Waals surface area (Å²) in [7, 11) is 0. The van der Waals surface area contributed by atoms with Crippen molar-refractivity contribution in [3.8, 4) is 0 Å². The first-order chi connectivity index (χ1) is 11.1. The topological polar surface area (TPSA) is 54.5 Å². The maximum atomic E-state index is 13.5. The molecule has 0 spiro atoms. The largest absolute Gasteiger partial charge is 0.378 e. The lowest BCUT2D eigenvalue weighted by atomic mass is 10.2. The molecule has 0 bridgehead atoms. The van der Waals surface area contributed by atoms with Gasteiger partial charge in [0.15, 0.2) is 0 Å².